The summed E-state index contributed by atoms with van der Waals surface area (Å²) in [5.41, 5.74) is 1.23. The van der Waals surface area contributed by atoms with Gasteiger partial charge in [0, 0.05) is 30.5 Å². The van der Waals surface area contributed by atoms with Crippen LogP contribution in [0.4, 0.5) is 9.52 Å². The Bertz CT molecular complexity index is 1590. The third-order valence-corrected chi connectivity index (χ3v) is 8.95. The van der Waals surface area contributed by atoms with Crippen LogP contribution in [0.2, 0.25) is 10.0 Å². The van der Waals surface area contributed by atoms with Gasteiger partial charge in [-0.25, -0.2) is 19.0 Å². The van der Waals surface area contributed by atoms with Crippen LogP contribution in [-0.2, 0) is 9.47 Å². The van der Waals surface area contributed by atoms with E-state index in [2.05, 4.69) is 15.0 Å². The standard InChI is InChI=1S/C27H22Cl2FN3O5S/c1-12-21(24(32-38-12)22-17(28)4-3-5-18(22)29)26(35)37-16-10-14-6-7-15(11-16)33(14)27-31-23-19(30)8-13(25(34)36-2)9-20(23)39-27/h3-5,8-9,14-16H,6-7,10-11H2,1-2H3/t14-,15+,16?. The minimum atomic E-state index is -0.600. The Morgan fingerprint density at radius 2 is 1.82 bits per heavy atom. The van der Waals surface area contributed by atoms with E-state index in [0.717, 1.165) is 18.9 Å². The average Bonchev–Trinajstić information content (AvgIpc) is 3.57. The molecule has 2 aromatic carbocycles. The second-order valence-corrected chi connectivity index (χ2v) is 11.5. The van der Waals surface area contributed by atoms with Crippen molar-refractivity contribution in [3.8, 4) is 11.3 Å². The highest BCUT2D eigenvalue weighted by molar-refractivity contribution is 7.22. The van der Waals surface area contributed by atoms with Crippen molar-refractivity contribution in [2.45, 2.75) is 50.8 Å². The lowest BCUT2D eigenvalue weighted by molar-refractivity contribution is 0.0203. The van der Waals surface area contributed by atoms with E-state index >= 15 is 0 Å². The summed E-state index contributed by atoms with van der Waals surface area (Å²) in [7, 11) is 1.26. The molecule has 39 heavy (non-hydrogen) atoms. The number of carbonyl (C=O) groups excluding carboxylic acids is 2. The first-order chi connectivity index (χ1) is 18.7. The van der Waals surface area contributed by atoms with Gasteiger partial charge in [0.15, 0.2) is 10.9 Å². The van der Waals surface area contributed by atoms with Crippen LogP contribution in [0.5, 0.6) is 0 Å². The molecule has 12 heteroatoms. The number of carbonyl (C=O) groups is 2. The lowest BCUT2D eigenvalue weighted by atomic mass is 10.00. The van der Waals surface area contributed by atoms with Gasteiger partial charge >= 0.3 is 11.9 Å². The van der Waals surface area contributed by atoms with E-state index in [1.165, 1.54) is 18.4 Å². The van der Waals surface area contributed by atoms with Gasteiger partial charge in [0.1, 0.15) is 28.6 Å². The first kappa shape index (κ1) is 26.0. The summed E-state index contributed by atoms with van der Waals surface area (Å²) in [6.45, 7) is 1.64. The van der Waals surface area contributed by atoms with Crippen molar-refractivity contribution in [1.29, 1.82) is 0 Å². The highest BCUT2D eigenvalue weighted by Crippen LogP contribution is 2.44. The predicted octanol–water partition coefficient (Wildman–Crippen LogP) is 6.85. The first-order valence-corrected chi connectivity index (χ1v) is 13.9. The summed E-state index contributed by atoms with van der Waals surface area (Å²) >= 11 is 14.1. The van der Waals surface area contributed by atoms with Crippen molar-refractivity contribution >= 4 is 61.8 Å². The van der Waals surface area contributed by atoms with E-state index in [1.807, 2.05) is 0 Å². The molecule has 0 aliphatic carbocycles. The number of benzene rings is 2. The van der Waals surface area contributed by atoms with Crippen LogP contribution in [-0.4, -0.2) is 47.4 Å². The van der Waals surface area contributed by atoms with Crippen LogP contribution in [0.25, 0.3) is 21.5 Å². The summed E-state index contributed by atoms with van der Waals surface area (Å²) in [4.78, 5) is 32.0. The molecule has 2 fully saturated rings. The molecule has 2 aliphatic rings. The molecule has 0 saturated carbocycles. The van der Waals surface area contributed by atoms with Gasteiger partial charge in [0.05, 0.1) is 27.4 Å². The fourth-order valence-corrected chi connectivity index (χ4v) is 7.32. The average molecular weight is 590 g/mol. The number of rotatable bonds is 5. The number of methoxy groups -OCH3 is 1. The summed E-state index contributed by atoms with van der Waals surface area (Å²) in [5, 5.41) is 5.43. The van der Waals surface area contributed by atoms with E-state index in [4.69, 9.17) is 37.2 Å². The van der Waals surface area contributed by atoms with Gasteiger partial charge in [-0.2, -0.15) is 0 Å². The number of hydrogen-bond acceptors (Lipinski definition) is 9. The van der Waals surface area contributed by atoms with Crippen LogP contribution in [0, 0.1) is 12.7 Å². The number of aryl methyl sites for hydroxylation is 1. The molecule has 0 N–H and O–H groups in total. The van der Waals surface area contributed by atoms with Crippen molar-refractivity contribution in [2.75, 3.05) is 12.0 Å². The first-order valence-electron chi connectivity index (χ1n) is 12.3. The second-order valence-electron chi connectivity index (χ2n) is 9.64. The topological polar surface area (TPSA) is 94.8 Å². The maximum absolute atomic E-state index is 14.7. The number of esters is 2. The third kappa shape index (κ3) is 4.54. The largest absolute Gasteiger partial charge is 0.465 e. The molecule has 4 aromatic rings. The molecule has 2 aromatic heterocycles. The maximum atomic E-state index is 14.7. The van der Waals surface area contributed by atoms with Gasteiger partial charge in [0.2, 0.25) is 0 Å². The molecule has 3 atom stereocenters. The zero-order valence-corrected chi connectivity index (χ0v) is 23.2. The van der Waals surface area contributed by atoms with Crippen LogP contribution >= 0.6 is 34.5 Å². The Balaban J connectivity index is 1.22. The van der Waals surface area contributed by atoms with Gasteiger partial charge < -0.3 is 18.9 Å². The summed E-state index contributed by atoms with van der Waals surface area (Å²) in [5.74, 6) is -1.40. The molecule has 0 radical (unpaired) electrons. The second kappa shape index (κ2) is 10.1. The smallest absolute Gasteiger partial charge is 0.344 e. The summed E-state index contributed by atoms with van der Waals surface area (Å²) in [6.07, 6.45) is 2.67. The minimum Gasteiger partial charge on any atom is -0.465 e. The molecule has 2 saturated heterocycles. The molecule has 0 amide bonds. The van der Waals surface area contributed by atoms with Gasteiger partial charge in [-0.1, -0.05) is 45.8 Å². The minimum absolute atomic E-state index is 0.0753. The third-order valence-electron chi connectivity index (χ3n) is 7.31. The van der Waals surface area contributed by atoms with Crippen molar-refractivity contribution in [2.24, 2.45) is 0 Å². The van der Waals surface area contributed by atoms with Gasteiger partial charge in [0.25, 0.3) is 0 Å². The SMILES string of the molecule is COC(=O)c1cc(F)c2nc(N3[C@@H]4CC[C@H]3CC(OC(=O)c3c(-c5c(Cl)cccc5Cl)noc3C)C4)sc2c1. The molecule has 1 unspecified atom stereocenters. The van der Waals surface area contributed by atoms with E-state index < -0.39 is 17.8 Å². The number of halogens is 3. The number of thiazole rings is 1. The summed E-state index contributed by atoms with van der Waals surface area (Å²) in [6, 6.07) is 7.94. The predicted molar refractivity (Wildman–Crippen MR) is 145 cm³/mol. The van der Waals surface area contributed by atoms with Gasteiger partial charge in [-0.15, -0.1) is 0 Å². The zero-order chi connectivity index (χ0) is 27.4. The fourth-order valence-electron chi connectivity index (χ4n) is 5.58. The molecule has 2 bridgehead atoms. The van der Waals surface area contributed by atoms with Crippen molar-refractivity contribution < 1.29 is 28.0 Å². The molecular formula is C27H22Cl2FN3O5S. The van der Waals surface area contributed by atoms with Crippen LogP contribution < -0.4 is 4.90 Å². The van der Waals surface area contributed by atoms with Gasteiger partial charge in [-0.3, -0.25) is 0 Å². The lowest BCUT2D eigenvalue weighted by Gasteiger charge is -2.38. The Kier molecular flexibility index (Phi) is 6.73. The lowest BCUT2D eigenvalue weighted by Crippen LogP contribution is -2.46. The molecule has 0 spiro atoms. The van der Waals surface area contributed by atoms with Gasteiger partial charge in [-0.05, 0) is 44.0 Å². The Morgan fingerprint density at radius 3 is 2.49 bits per heavy atom. The monoisotopic (exact) mass is 589 g/mol. The maximum Gasteiger partial charge on any atom is 0.344 e. The molecule has 202 valence electrons. The van der Waals surface area contributed by atoms with Crippen molar-refractivity contribution in [3.05, 3.63) is 63.1 Å². The zero-order valence-electron chi connectivity index (χ0n) is 20.9. The number of hydrogen-bond donors (Lipinski definition) is 0. The van der Waals surface area contributed by atoms with Crippen molar-refractivity contribution in [3.63, 3.8) is 0 Å². The quantitative estimate of drug-likeness (QED) is 0.233. The number of aromatic nitrogens is 2. The highest BCUT2D eigenvalue weighted by Gasteiger charge is 2.44. The molecule has 6 rings (SSSR count). The van der Waals surface area contributed by atoms with Crippen LogP contribution in [0.15, 0.2) is 34.9 Å². The molecule has 8 nitrogen and oxygen atoms in total. The number of anilines is 1. The van der Waals surface area contributed by atoms with E-state index in [1.54, 1.807) is 31.2 Å². The van der Waals surface area contributed by atoms with E-state index in [-0.39, 0.29) is 40.5 Å². The molecule has 2 aliphatic heterocycles. The number of nitrogens with zero attached hydrogens (tertiary/aromatic N) is 3. The number of ether oxygens (including phenoxy) is 2. The Hall–Kier alpha value is -3.21. The van der Waals surface area contributed by atoms with Crippen LogP contribution in [0.1, 0.15) is 52.2 Å². The Labute approximate surface area is 236 Å². The Morgan fingerprint density at radius 1 is 1.13 bits per heavy atom. The highest BCUT2D eigenvalue weighted by atomic mass is 35.5. The van der Waals surface area contributed by atoms with E-state index in [9.17, 15) is 14.0 Å². The summed E-state index contributed by atoms with van der Waals surface area (Å²) < 4.78 is 31.4. The van der Waals surface area contributed by atoms with E-state index in [0.29, 0.717) is 44.0 Å². The molecular weight excluding hydrogens is 568 g/mol. The molecule has 4 heterocycles. The fraction of sp³-hybridized carbons (Fsp3) is 0.333. The normalized spacial score (nSPS) is 20.4. The van der Waals surface area contributed by atoms with Crippen LogP contribution in [0.3, 0.4) is 0 Å². The number of piperidine rings is 1. The van der Waals surface area contributed by atoms with Crippen molar-refractivity contribution in [1.82, 2.24) is 10.1 Å². The number of fused-ring (bicyclic) bond motifs is 3.